The third-order valence-electron chi connectivity index (χ3n) is 11.7. The van der Waals surface area contributed by atoms with Gasteiger partial charge in [0.1, 0.15) is 0 Å². The summed E-state index contributed by atoms with van der Waals surface area (Å²) in [4.78, 5) is 0. The van der Waals surface area contributed by atoms with Crippen molar-refractivity contribution < 1.29 is 0 Å². The molecule has 0 aromatic heterocycles. The number of rotatable bonds is 12. The first-order valence-corrected chi connectivity index (χ1v) is 21.5. The van der Waals surface area contributed by atoms with Gasteiger partial charge in [-0.2, -0.15) is 0 Å². The molecule has 9 aromatic rings. The van der Waals surface area contributed by atoms with Crippen molar-refractivity contribution in [2.75, 3.05) is 0 Å². The molecule has 0 fully saturated rings. The van der Waals surface area contributed by atoms with Gasteiger partial charge in [0.05, 0.1) is 15.5 Å². The van der Waals surface area contributed by atoms with Crippen LogP contribution in [0, 0.1) is 0 Å². The molecule has 0 heterocycles. The predicted octanol–water partition coefficient (Wildman–Crippen LogP) is 14.4. The Kier molecular flexibility index (Phi) is 10.5. The predicted molar refractivity (Wildman–Crippen MR) is 245 cm³/mol. The lowest BCUT2D eigenvalue weighted by atomic mass is 9.81. The molecule has 1 heteroatoms. The van der Waals surface area contributed by atoms with Gasteiger partial charge in [-0.1, -0.05) is 273 Å². The van der Waals surface area contributed by atoms with Crippen LogP contribution in [0.2, 0.25) is 0 Å². The average molecular weight is 761 g/mol. The molecule has 9 aromatic carbocycles. The number of hydrogen-bond acceptors (Lipinski definition) is 0. The number of hydrogen-bond donors (Lipinski definition) is 0. The molecule has 0 saturated heterocycles. The molecule has 0 bridgehead atoms. The van der Waals surface area contributed by atoms with Crippen molar-refractivity contribution in [3.05, 3.63) is 323 Å². The maximum atomic E-state index is 2.38. The smallest absolute Gasteiger partial charge is 0.0622 e. The van der Waals surface area contributed by atoms with Gasteiger partial charge in [-0.15, -0.1) is 0 Å². The van der Waals surface area contributed by atoms with Crippen LogP contribution in [0.4, 0.5) is 0 Å². The Morgan fingerprint density at radius 2 is 0.259 bits per heavy atom. The zero-order valence-corrected chi connectivity index (χ0v) is 33.3. The topological polar surface area (TPSA) is 0 Å². The van der Waals surface area contributed by atoms with Crippen LogP contribution in [0.1, 0.15) is 50.1 Å². The molecule has 0 saturated carbocycles. The Labute approximate surface area is 344 Å². The standard InChI is InChI=1S/C57H45P/c1-10-28-46(29-11-1)55(47-30-12-2-13-31-47,48-32-14-3-15-33-48)58(56(49-34-16-4-17-35-49,50-36-18-5-19-37-50)51-38-20-6-21-39-51)57(52-40-22-7-23-41-52,53-42-24-8-25-43-53)54-44-26-9-27-45-54/h1-45H. The van der Waals surface area contributed by atoms with Crippen LogP contribution < -0.4 is 0 Å². The van der Waals surface area contributed by atoms with Crippen LogP contribution in [-0.4, -0.2) is 0 Å². The fourth-order valence-corrected chi connectivity index (χ4v) is 14.7. The minimum atomic E-state index is -1.59. The molecule has 0 nitrogen and oxygen atoms in total. The molecule has 9 rings (SSSR count). The average Bonchev–Trinajstić information content (AvgIpc) is 3.33. The molecular weight excluding hydrogens is 716 g/mol. The van der Waals surface area contributed by atoms with Gasteiger partial charge < -0.3 is 0 Å². The molecule has 0 spiro atoms. The summed E-state index contributed by atoms with van der Waals surface area (Å²) in [6.07, 6.45) is 0. The highest BCUT2D eigenvalue weighted by atomic mass is 31.1. The van der Waals surface area contributed by atoms with E-state index in [4.69, 9.17) is 0 Å². The second-order valence-corrected chi connectivity index (χ2v) is 17.4. The van der Waals surface area contributed by atoms with Crippen LogP contribution in [0.5, 0.6) is 0 Å². The lowest BCUT2D eigenvalue weighted by Gasteiger charge is -2.61. The summed E-state index contributed by atoms with van der Waals surface area (Å²) in [5.41, 5.74) is 11.2. The SMILES string of the molecule is c1ccc(C(c2ccccc2)(c2ccccc2)P(C(c2ccccc2)(c2ccccc2)c2ccccc2)C(c2ccccc2)(c2ccccc2)c2ccccc2)cc1. The third kappa shape index (κ3) is 6.13. The van der Waals surface area contributed by atoms with Crippen molar-refractivity contribution in [3.63, 3.8) is 0 Å². The van der Waals surface area contributed by atoms with E-state index in [1.807, 2.05) is 0 Å². The van der Waals surface area contributed by atoms with E-state index in [0.717, 1.165) is 0 Å². The molecule has 278 valence electrons. The van der Waals surface area contributed by atoms with Gasteiger partial charge >= 0.3 is 0 Å². The molecule has 0 aliphatic heterocycles. The van der Waals surface area contributed by atoms with E-state index >= 15 is 0 Å². The quantitative estimate of drug-likeness (QED) is 0.0859. The first kappa shape index (κ1) is 37.0. The van der Waals surface area contributed by atoms with Gasteiger partial charge in [0.15, 0.2) is 0 Å². The van der Waals surface area contributed by atoms with Gasteiger partial charge in [-0.25, -0.2) is 0 Å². The Morgan fingerprint density at radius 3 is 0.362 bits per heavy atom. The molecule has 0 amide bonds. The monoisotopic (exact) mass is 760 g/mol. The summed E-state index contributed by atoms with van der Waals surface area (Å²) < 4.78 is 0. The van der Waals surface area contributed by atoms with Gasteiger partial charge in [0, 0.05) is 0 Å². The van der Waals surface area contributed by atoms with Crippen molar-refractivity contribution in [1.29, 1.82) is 0 Å². The summed E-state index contributed by atoms with van der Waals surface area (Å²) in [5, 5.41) is -2.24. The Bertz CT molecular complexity index is 2030. The third-order valence-corrected chi connectivity index (χ3v) is 16.1. The highest BCUT2D eigenvalue weighted by Crippen LogP contribution is 2.85. The highest BCUT2D eigenvalue weighted by molar-refractivity contribution is 7.63. The Morgan fingerprint density at radius 1 is 0.155 bits per heavy atom. The van der Waals surface area contributed by atoms with Crippen LogP contribution in [0.25, 0.3) is 0 Å². The minimum absolute atomic E-state index is 0.748. The molecule has 58 heavy (non-hydrogen) atoms. The lowest BCUT2D eigenvalue weighted by Crippen LogP contribution is -2.47. The van der Waals surface area contributed by atoms with E-state index in [-0.39, 0.29) is 0 Å². The van der Waals surface area contributed by atoms with Gasteiger partial charge in [0.2, 0.25) is 0 Å². The van der Waals surface area contributed by atoms with Crippen LogP contribution >= 0.6 is 7.92 Å². The largest absolute Gasteiger partial charge is 0.0678 e. The van der Waals surface area contributed by atoms with Gasteiger partial charge in [0.25, 0.3) is 0 Å². The van der Waals surface area contributed by atoms with E-state index in [0.29, 0.717) is 0 Å². The maximum absolute atomic E-state index is 2.38. The summed E-state index contributed by atoms with van der Waals surface area (Å²) in [5.74, 6) is 0. The Balaban J connectivity index is 1.68. The van der Waals surface area contributed by atoms with Gasteiger partial charge in [-0.3, -0.25) is 0 Å². The van der Waals surface area contributed by atoms with E-state index < -0.39 is 23.4 Å². The zero-order valence-electron chi connectivity index (χ0n) is 32.4. The fourth-order valence-electron chi connectivity index (χ4n) is 9.53. The lowest BCUT2D eigenvalue weighted by molar-refractivity contribution is 0.730. The molecule has 0 radical (unpaired) electrons. The van der Waals surface area contributed by atoms with Gasteiger partial charge in [-0.05, 0) is 58.0 Å². The van der Waals surface area contributed by atoms with Crippen molar-refractivity contribution in [2.45, 2.75) is 15.5 Å². The second kappa shape index (κ2) is 16.5. The summed E-state index contributed by atoms with van der Waals surface area (Å²) in [6, 6.07) is 102. The van der Waals surface area contributed by atoms with E-state index in [9.17, 15) is 0 Å². The van der Waals surface area contributed by atoms with Crippen molar-refractivity contribution in [1.82, 2.24) is 0 Å². The van der Waals surface area contributed by atoms with Crippen molar-refractivity contribution in [3.8, 4) is 0 Å². The second-order valence-electron chi connectivity index (χ2n) is 14.8. The van der Waals surface area contributed by atoms with Crippen molar-refractivity contribution >= 4 is 7.92 Å². The molecular formula is C57H45P. The van der Waals surface area contributed by atoms with Crippen LogP contribution in [0.15, 0.2) is 273 Å². The Hall–Kier alpha value is -6.59. The summed E-state index contributed by atoms with van der Waals surface area (Å²) in [7, 11) is -1.59. The normalized spacial score (nSPS) is 11.9. The van der Waals surface area contributed by atoms with E-state index in [2.05, 4.69) is 273 Å². The minimum Gasteiger partial charge on any atom is -0.0622 e. The maximum Gasteiger partial charge on any atom is 0.0678 e. The van der Waals surface area contributed by atoms with E-state index in [1.54, 1.807) is 0 Å². The zero-order chi connectivity index (χ0) is 39.1. The number of benzene rings is 9. The molecule has 0 atom stereocenters. The molecule has 0 aliphatic rings. The fraction of sp³-hybridized carbons (Fsp3) is 0.0526. The molecule has 0 aliphatic carbocycles. The summed E-state index contributed by atoms with van der Waals surface area (Å²) >= 11 is 0. The summed E-state index contributed by atoms with van der Waals surface area (Å²) in [6.45, 7) is 0. The first-order valence-electron chi connectivity index (χ1n) is 20.1. The van der Waals surface area contributed by atoms with Crippen LogP contribution in [-0.2, 0) is 15.5 Å². The van der Waals surface area contributed by atoms with E-state index in [1.165, 1.54) is 50.1 Å². The van der Waals surface area contributed by atoms with Crippen LogP contribution in [0.3, 0.4) is 0 Å². The molecule has 0 unspecified atom stereocenters. The molecule has 0 N–H and O–H groups in total. The first-order chi connectivity index (χ1) is 28.8. The van der Waals surface area contributed by atoms with Crippen molar-refractivity contribution in [2.24, 2.45) is 0 Å². The highest BCUT2D eigenvalue weighted by Gasteiger charge is 2.65.